The van der Waals surface area contributed by atoms with E-state index >= 15 is 0 Å². The molecule has 0 bridgehead atoms. The molecule has 0 radical (unpaired) electrons. The Morgan fingerprint density at radius 3 is 2.90 bits per heavy atom. The smallest absolute Gasteiger partial charge is 0.0958 e. The number of aliphatic hydroxyl groups excluding tert-OH is 1. The Morgan fingerprint density at radius 2 is 2.14 bits per heavy atom. The zero-order valence-electron chi connectivity index (χ0n) is 12.8. The number of aliphatic hydroxyl groups is 1. The van der Waals surface area contributed by atoms with Crippen molar-refractivity contribution in [3.05, 3.63) is 30.6 Å². The van der Waals surface area contributed by atoms with E-state index in [2.05, 4.69) is 33.9 Å². The summed E-state index contributed by atoms with van der Waals surface area (Å²) < 4.78 is 2.22. The second kappa shape index (κ2) is 6.16. The maximum atomic E-state index is 9.61. The Kier molecular flexibility index (Phi) is 4.27. The molecule has 114 valence electrons. The largest absolute Gasteiger partial charge is 0.394 e. The van der Waals surface area contributed by atoms with Gasteiger partial charge in [0.05, 0.1) is 24.0 Å². The zero-order valence-corrected chi connectivity index (χ0v) is 12.8. The molecule has 0 amide bonds. The van der Waals surface area contributed by atoms with E-state index in [1.54, 1.807) is 0 Å². The number of nitrogens with one attached hydrogen (secondary N) is 1. The highest BCUT2D eigenvalue weighted by Crippen LogP contribution is 2.25. The van der Waals surface area contributed by atoms with Gasteiger partial charge < -0.3 is 15.0 Å². The van der Waals surface area contributed by atoms with Gasteiger partial charge in [-0.1, -0.05) is 12.1 Å². The van der Waals surface area contributed by atoms with Crippen LogP contribution in [0.4, 0.5) is 0 Å². The Hall–Kier alpha value is -1.39. The van der Waals surface area contributed by atoms with Crippen molar-refractivity contribution in [1.29, 1.82) is 0 Å². The van der Waals surface area contributed by atoms with Gasteiger partial charge in [-0.15, -0.1) is 0 Å². The van der Waals surface area contributed by atoms with Crippen LogP contribution in [0.3, 0.4) is 0 Å². The molecule has 1 unspecified atom stereocenters. The molecule has 1 fully saturated rings. The van der Waals surface area contributed by atoms with Crippen LogP contribution < -0.4 is 5.32 Å². The number of para-hydroxylation sites is 2. The molecule has 1 saturated carbocycles. The molecule has 2 N–H and O–H groups in total. The van der Waals surface area contributed by atoms with Crippen LogP contribution in [-0.2, 0) is 6.54 Å². The van der Waals surface area contributed by atoms with Crippen molar-refractivity contribution in [3.8, 4) is 0 Å². The fourth-order valence-electron chi connectivity index (χ4n) is 2.90. The van der Waals surface area contributed by atoms with Crippen LogP contribution in [-0.4, -0.2) is 32.8 Å². The second-order valence-corrected chi connectivity index (χ2v) is 6.52. The molecule has 1 aliphatic carbocycles. The highest BCUT2D eigenvalue weighted by Gasteiger charge is 2.31. The van der Waals surface area contributed by atoms with Gasteiger partial charge in [0.2, 0.25) is 0 Å². The fourth-order valence-corrected chi connectivity index (χ4v) is 2.90. The quantitative estimate of drug-likeness (QED) is 0.734. The number of rotatable bonds is 8. The molecule has 2 aromatic rings. The first-order valence-corrected chi connectivity index (χ1v) is 7.99. The summed E-state index contributed by atoms with van der Waals surface area (Å²) in [5, 5.41) is 13.2. The van der Waals surface area contributed by atoms with Crippen LogP contribution in [0.5, 0.6) is 0 Å². The fraction of sp³-hybridized carbons (Fsp3) is 0.588. The van der Waals surface area contributed by atoms with Gasteiger partial charge >= 0.3 is 0 Å². The normalized spacial score (nSPS) is 18.0. The van der Waals surface area contributed by atoms with Crippen LogP contribution in [0.25, 0.3) is 11.0 Å². The average Bonchev–Trinajstić information content (AvgIpc) is 3.21. The summed E-state index contributed by atoms with van der Waals surface area (Å²) in [6.45, 7) is 3.35. The molecule has 0 aliphatic heterocycles. The Morgan fingerprint density at radius 1 is 1.33 bits per heavy atom. The van der Waals surface area contributed by atoms with Crippen molar-refractivity contribution in [1.82, 2.24) is 14.9 Å². The summed E-state index contributed by atoms with van der Waals surface area (Å²) in [7, 11) is 0. The molecule has 1 aromatic heterocycles. The molecule has 1 aromatic carbocycles. The number of nitrogens with zero attached hydrogens (tertiary/aromatic N) is 2. The number of aromatic nitrogens is 2. The third-order valence-electron chi connectivity index (χ3n) is 4.38. The number of benzene rings is 1. The Labute approximate surface area is 126 Å². The first kappa shape index (κ1) is 14.5. The molecule has 21 heavy (non-hydrogen) atoms. The third kappa shape index (κ3) is 3.63. The molecular formula is C17H25N3O. The van der Waals surface area contributed by atoms with Crippen molar-refractivity contribution in [2.75, 3.05) is 6.61 Å². The van der Waals surface area contributed by atoms with E-state index in [9.17, 15) is 5.11 Å². The van der Waals surface area contributed by atoms with Gasteiger partial charge in [-0.25, -0.2) is 4.98 Å². The SMILES string of the molecule is CC(CO)(CCCCn1cnc2ccccc21)NC1CC1. The number of aryl methyl sites for hydroxylation is 1. The van der Waals surface area contributed by atoms with Gasteiger partial charge in [-0.2, -0.15) is 0 Å². The van der Waals surface area contributed by atoms with E-state index in [-0.39, 0.29) is 12.1 Å². The number of unbranched alkanes of at least 4 members (excludes halogenated alkanes) is 1. The van der Waals surface area contributed by atoms with E-state index in [0.29, 0.717) is 6.04 Å². The number of hydrogen-bond donors (Lipinski definition) is 2. The van der Waals surface area contributed by atoms with Crippen LogP contribution in [0.1, 0.15) is 39.0 Å². The molecule has 0 saturated heterocycles. The Balaban J connectivity index is 1.49. The van der Waals surface area contributed by atoms with Gasteiger partial charge in [-0.05, 0) is 51.2 Å². The number of fused-ring (bicyclic) bond motifs is 1. The lowest BCUT2D eigenvalue weighted by atomic mass is 9.95. The van der Waals surface area contributed by atoms with E-state index in [4.69, 9.17) is 0 Å². The summed E-state index contributed by atoms with van der Waals surface area (Å²) in [4.78, 5) is 4.42. The number of hydrogen-bond acceptors (Lipinski definition) is 3. The van der Waals surface area contributed by atoms with Crippen LogP contribution >= 0.6 is 0 Å². The van der Waals surface area contributed by atoms with Crippen molar-refractivity contribution in [2.45, 2.75) is 57.2 Å². The second-order valence-electron chi connectivity index (χ2n) is 6.52. The minimum atomic E-state index is -0.113. The minimum Gasteiger partial charge on any atom is -0.394 e. The topological polar surface area (TPSA) is 50.1 Å². The Bertz CT molecular complexity index is 590. The molecule has 0 spiro atoms. The summed E-state index contributed by atoms with van der Waals surface area (Å²) >= 11 is 0. The van der Waals surface area contributed by atoms with Crippen molar-refractivity contribution in [2.24, 2.45) is 0 Å². The van der Waals surface area contributed by atoms with Gasteiger partial charge in [0, 0.05) is 18.1 Å². The van der Waals surface area contributed by atoms with Gasteiger partial charge in [0.1, 0.15) is 0 Å². The molecule has 4 nitrogen and oxygen atoms in total. The van der Waals surface area contributed by atoms with E-state index in [0.717, 1.165) is 31.3 Å². The molecule has 1 aliphatic rings. The summed E-state index contributed by atoms with van der Waals surface area (Å²) in [5.74, 6) is 0. The lowest BCUT2D eigenvalue weighted by Gasteiger charge is -2.29. The summed E-state index contributed by atoms with van der Waals surface area (Å²) in [6.07, 6.45) is 7.70. The monoisotopic (exact) mass is 287 g/mol. The van der Waals surface area contributed by atoms with Crippen molar-refractivity contribution >= 4 is 11.0 Å². The zero-order chi connectivity index (χ0) is 14.7. The van der Waals surface area contributed by atoms with Crippen LogP contribution in [0, 0.1) is 0 Å². The average molecular weight is 287 g/mol. The van der Waals surface area contributed by atoms with Crippen molar-refractivity contribution in [3.63, 3.8) is 0 Å². The van der Waals surface area contributed by atoms with Crippen molar-refractivity contribution < 1.29 is 5.11 Å². The lowest BCUT2D eigenvalue weighted by Crippen LogP contribution is -2.46. The van der Waals surface area contributed by atoms with Gasteiger partial charge in [0.15, 0.2) is 0 Å². The van der Waals surface area contributed by atoms with Gasteiger partial charge in [-0.3, -0.25) is 0 Å². The maximum Gasteiger partial charge on any atom is 0.0958 e. The highest BCUT2D eigenvalue weighted by molar-refractivity contribution is 5.74. The van der Waals surface area contributed by atoms with Gasteiger partial charge in [0.25, 0.3) is 0 Å². The molecule has 1 atom stereocenters. The molecule has 1 heterocycles. The maximum absolute atomic E-state index is 9.61. The first-order valence-electron chi connectivity index (χ1n) is 7.99. The predicted octanol–water partition coefficient (Wildman–Crippen LogP) is 2.71. The molecular weight excluding hydrogens is 262 g/mol. The predicted molar refractivity (Wildman–Crippen MR) is 85.2 cm³/mol. The lowest BCUT2D eigenvalue weighted by molar-refractivity contribution is 0.160. The van der Waals surface area contributed by atoms with E-state index in [1.165, 1.54) is 18.4 Å². The summed E-state index contributed by atoms with van der Waals surface area (Å²) in [6, 6.07) is 8.89. The van der Waals surface area contributed by atoms with Crippen LogP contribution in [0.2, 0.25) is 0 Å². The van der Waals surface area contributed by atoms with E-state index in [1.807, 2.05) is 18.5 Å². The molecule has 3 rings (SSSR count). The van der Waals surface area contributed by atoms with Crippen LogP contribution in [0.15, 0.2) is 30.6 Å². The summed E-state index contributed by atoms with van der Waals surface area (Å²) in [5.41, 5.74) is 2.16. The standard InChI is InChI=1S/C17H25N3O/c1-17(12-21,19-14-8-9-14)10-4-5-11-20-13-18-15-6-2-3-7-16(15)20/h2-3,6-7,13-14,19,21H,4-5,8-12H2,1H3. The highest BCUT2D eigenvalue weighted by atomic mass is 16.3. The molecule has 4 heteroatoms. The number of imidazole rings is 1. The first-order chi connectivity index (χ1) is 10.2. The minimum absolute atomic E-state index is 0.113. The van der Waals surface area contributed by atoms with E-state index < -0.39 is 0 Å². The third-order valence-corrected chi connectivity index (χ3v) is 4.38.